The molecule has 1 rings (SSSR count). The van der Waals surface area contributed by atoms with Crippen molar-refractivity contribution >= 4 is 16.9 Å². The van der Waals surface area contributed by atoms with Crippen LogP contribution in [0.4, 0.5) is 0 Å². The van der Waals surface area contributed by atoms with Gasteiger partial charge in [0.25, 0.3) is 0 Å². The molecule has 0 spiro atoms. The second kappa shape index (κ2) is 6.82. The van der Waals surface area contributed by atoms with Gasteiger partial charge in [0, 0.05) is 6.42 Å². The molecule has 0 bridgehead atoms. The van der Waals surface area contributed by atoms with Gasteiger partial charge in [0.2, 0.25) is 0 Å². The maximum Gasteiger partial charge on any atom is 0.189 e. The molecule has 0 aliphatic carbocycles. The molecule has 0 heterocycles. The Kier molecular flexibility index (Phi) is 5.72. The standard InChI is InChI=1S/C14H22NOS/c1-15(2,3)11-12-17-14(16)10-9-13-7-5-4-6-8-13/h4-8H,9-12H2,1-3H3/q+1. The van der Waals surface area contributed by atoms with Crippen LogP contribution in [-0.4, -0.2) is 43.0 Å². The van der Waals surface area contributed by atoms with Gasteiger partial charge in [-0.05, 0) is 12.0 Å². The molecule has 0 N–H and O–H groups in total. The third kappa shape index (κ3) is 7.18. The van der Waals surface area contributed by atoms with Crippen LogP contribution in [0.3, 0.4) is 0 Å². The van der Waals surface area contributed by atoms with Crippen molar-refractivity contribution in [1.82, 2.24) is 0 Å². The molecule has 0 atom stereocenters. The molecule has 0 aliphatic rings. The molecule has 0 aliphatic heterocycles. The molecule has 0 fully saturated rings. The van der Waals surface area contributed by atoms with Crippen LogP contribution in [0.2, 0.25) is 0 Å². The van der Waals surface area contributed by atoms with Gasteiger partial charge in [-0.1, -0.05) is 42.1 Å². The first-order valence-electron chi connectivity index (χ1n) is 5.97. The van der Waals surface area contributed by atoms with Crippen LogP contribution in [0.25, 0.3) is 0 Å². The average molecular weight is 252 g/mol. The van der Waals surface area contributed by atoms with E-state index in [1.165, 1.54) is 17.3 Å². The summed E-state index contributed by atoms with van der Waals surface area (Å²) in [6, 6.07) is 10.2. The molecule has 3 heteroatoms. The fraction of sp³-hybridized carbons (Fsp3) is 0.500. The molecular formula is C14H22NOS+. The van der Waals surface area contributed by atoms with Crippen LogP contribution in [0.15, 0.2) is 30.3 Å². The molecular weight excluding hydrogens is 230 g/mol. The summed E-state index contributed by atoms with van der Waals surface area (Å²) in [5, 5.41) is 0.308. The number of rotatable bonds is 6. The summed E-state index contributed by atoms with van der Waals surface area (Å²) in [6.07, 6.45) is 1.50. The Labute approximate surface area is 109 Å². The van der Waals surface area contributed by atoms with Gasteiger partial charge in [0.1, 0.15) is 0 Å². The number of hydrogen-bond donors (Lipinski definition) is 0. The minimum atomic E-state index is 0.308. The predicted molar refractivity (Wildman–Crippen MR) is 75.1 cm³/mol. The zero-order valence-electron chi connectivity index (χ0n) is 11.0. The smallest absolute Gasteiger partial charge is 0.189 e. The Morgan fingerprint density at radius 1 is 1.18 bits per heavy atom. The molecule has 0 saturated carbocycles. The van der Waals surface area contributed by atoms with E-state index in [9.17, 15) is 4.79 Å². The van der Waals surface area contributed by atoms with Crippen LogP contribution in [0.1, 0.15) is 12.0 Å². The summed E-state index contributed by atoms with van der Waals surface area (Å²) < 4.78 is 0.916. The third-order valence-corrected chi connectivity index (χ3v) is 3.40. The lowest BCUT2D eigenvalue weighted by Crippen LogP contribution is -2.36. The summed E-state index contributed by atoms with van der Waals surface area (Å²) >= 11 is 1.47. The Morgan fingerprint density at radius 3 is 2.41 bits per heavy atom. The van der Waals surface area contributed by atoms with Crippen LogP contribution in [0, 0.1) is 0 Å². The van der Waals surface area contributed by atoms with E-state index in [-0.39, 0.29) is 0 Å². The van der Waals surface area contributed by atoms with E-state index in [2.05, 4.69) is 33.3 Å². The fourth-order valence-corrected chi connectivity index (χ4v) is 2.51. The maximum atomic E-state index is 11.7. The number of carbonyl (C=O) groups excluding carboxylic acids is 1. The average Bonchev–Trinajstić information content (AvgIpc) is 2.26. The largest absolute Gasteiger partial charge is 0.330 e. The predicted octanol–water partition coefficient (Wildman–Crippen LogP) is 2.59. The Balaban J connectivity index is 2.18. The van der Waals surface area contributed by atoms with Crippen molar-refractivity contribution in [2.75, 3.05) is 33.4 Å². The minimum absolute atomic E-state index is 0.308. The van der Waals surface area contributed by atoms with Gasteiger partial charge in [-0.3, -0.25) is 4.79 Å². The lowest BCUT2D eigenvalue weighted by Gasteiger charge is -2.23. The zero-order chi connectivity index (χ0) is 12.7. The third-order valence-electron chi connectivity index (χ3n) is 2.49. The van der Waals surface area contributed by atoms with Crippen LogP contribution >= 0.6 is 11.8 Å². The van der Waals surface area contributed by atoms with E-state index in [1.54, 1.807) is 0 Å². The summed E-state index contributed by atoms with van der Waals surface area (Å²) in [7, 11) is 6.44. The second-order valence-corrected chi connectivity index (χ2v) is 6.37. The Hall–Kier alpha value is -0.800. The quantitative estimate of drug-likeness (QED) is 0.724. The molecule has 1 aromatic carbocycles. The fourth-order valence-electron chi connectivity index (χ4n) is 1.40. The maximum absolute atomic E-state index is 11.7. The number of thioether (sulfide) groups is 1. The van der Waals surface area contributed by atoms with Crippen molar-refractivity contribution in [3.63, 3.8) is 0 Å². The van der Waals surface area contributed by atoms with Crippen molar-refractivity contribution in [3.05, 3.63) is 35.9 Å². The summed E-state index contributed by atoms with van der Waals surface area (Å²) in [6.45, 7) is 1.03. The number of quaternary nitrogens is 1. The second-order valence-electron chi connectivity index (χ2n) is 5.22. The van der Waals surface area contributed by atoms with Gasteiger partial charge < -0.3 is 4.48 Å². The molecule has 1 aromatic rings. The van der Waals surface area contributed by atoms with E-state index < -0.39 is 0 Å². The van der Waals surface area contributed by atoms with Crippen LogP contribution in [0.5, 0.6) is 0 Å². The monoisotopic (exact) mass is 252 g/mol. The molecule has 0 amide bonds. The van der Waals surface area contributed by atoms with E-state index >= 15 is 0 Å². The molecule has 94 valence electrons. The van der Waals surface area contributed by atoms with Crippen molar-refractivity contribution in [2.24, 2.45) is 0 Å². The highest BCUT2D eigenvalue weighted by atomic mass is 32.2. The van der Waals surface area contributed by atoms with E-state index in [0.717, 1.165) is 23.2 Å². The lowest BCUT2D eigenvalue weighted by molar-refractivity contribution is -0.867. The zero-order valence-corrected chi connectivity index (χ0v) is 11.8. The number of benzene rings is 1. The van der Waals surface area contributed by atoms with Gasteiger partial charge in [0.15, 0.2) is 5.12 Å². The molecule has 0 unspecified atom stereocenters. The van der Waals surface area contributed by atoms with E-state index in [0.29, 0.717) is 11.5 Å². The van der Waals surface area contributed by atoms with Crippen LogP contribution in [-0.2, 0) is 11.2 Å². The normalized spacial score (nSPS) is 11.5. The van der Waals surface area contributed by atoms with Crippen molar-refractivity contribution < 1.29 is 9.28 Å². The first kappa shape index (κ1) is 14.3. The Morgan fingerprint density at radius 2 is 1.82 bits per heavy atom. The molecule has 2 nitrogen and oxygen atoms in total. The van der Waals surface area contributed by atoms with Crippen LogP contribution < -0.4 is 0 Å². The Bertz CT molecular complexity index is 343. The SMILES string of the molecule is C[N+](C)(C)CCSC(=O)CCc1ccccc1. The van der Waals surface area contributed by atoms with E-state index in [1.807, 2.05) is 18.2 Å². The van der Waals surface area contributed by atoms with Gasteiger partial charge in [-0.2, -0.15) is 0 Å². The van der Waals surface area contributed by atoms with Gasteiger partial charge in [0.05, 0.1) is 33.4 Å². The highest BCUT2D eigenvalue weighted by Crippen LogP contribution is 2.10. The number of hydrogen-bond acceptors (Lipinski definition) is 2. The number of aryl methyl sites for hydroxylation is 1. The first-order valence-corrected chi connectivity index (χ1v) is 6.96. The lowest BCUT2D eigenvalue weighted by atomic mass is 10.1. The summed E-state index contributed by atoms with van der Waals surface area (Å²) in [5.41, 5.74) is 1.24. The highest BCUT2D eigenvalue weighted by Gasteiger charge is 2.09. The molecule has 0 saturated heterocycles. The van der Waals surface area contributed by atoms with Crippen molar-refractivity contribution in [3.8, 4) is 0 Å². The van der Waals surface area contributed by atoms with Gasteiger partial charge in [-0.15, -0.1) is 0 Å². The van der Waals surface area contributed by atoms with Gasteiger partial charge >= 0.3 is 0 Å². The molecule has 0 radical (unpaired) electrons. The first-order chi connectivity index (χ1) is 7.97. The highest BCUT2D eigenvalue weighted by molar-refractivity contribution is 8.13. The summed E-state index contributed by atoms with van der Waals surface area (Å²) in [5.74, 6) is 0.914. The number of carbonyl (C=O) groups is 1. The topological polar surface area (TPSA) is 17.1 Å². The molecule has 0 aromatic heterocycles. The number of nitrogens with zero attached hydrogens (tertiary/aromatic N) is 1. The van der Waals surface area contributed by atoms with Gasteiger partial charge in [-0.25, -0.2) is 0 Å². The van der Waals surface area contributed by atoms with E-state index in [4.69, 9.17) is 0 Å². The van der Waals surface area contributed by atoms with Crippen molar-refractivity contribution in [1.29, 1.82) is 0 Å². The van der Waals surface area contributed by atoms with Crippen molar-refractivity contribution in [2.45, 2.75) is 12.8 Å². The molecule has 17 heavy (non-hydrogen) atoms. The summed E-state index contributed by atoms with van der Waals surface area (Å²) in [4.78, 5) is 11.7. The minimum Gasteiger partial charge on any atom is -0.330 e.